The summed E-state index contributed by atoms with van der Waals surface area (Å²) in [4.78, 5) is 4.80. The van der Waals surface area contributed by atoms with Crippen LogP contribution in [0, 0.1) is 5.92 Å². The molecule has 1 aromatic rings. The van der Waals surface area contributed by atoms with Crippen molar-refractivity contribution in [2.24, 2.45) is 11.7 Å². The van der Waals surface area contributed by atoms with Crippen LogP contribution in [0.15, 0.2) is 24.3 Å². The largest absolute Gasteiger partial charge is 0.416 e. The first-order valence-corrected chi connectivity index (χ1v) is 10.5. The molecule has 8 heteroatoms. The number of nitrogens with two attached hydrogens (primary N) is 1. The van der Waals surface area contributed by atoms with Gasteiger partial charge in [0.1, 0.15) is 0 Å². The summed E-state index contributed by atoms with van der Waals surface area (Å²) in [6, 6.07) is 5.81. The van der Waals surface area contributed by atoms with Gasteiger partial charge in [-0.3, -0.25) is 9.29 Å². The molecule has 1 aromatic carbocycles. The van der Waals surface area contributed by atoms with Gasteiger partial charge < -0.3 is 16.0 Å². The van der Waals surface area contributed by atoms with Gasteiger partial charge in [-0.1, -0.05) is 18.2 Å². The summed E-state index contributed by atoms with van der Waals surface area (Å²) in [7, 11) is 6.33. The van der Waals surface area contributed by atoms with Crippen molar-refractivity contribution in [1.29, 1.82) is 0 Å². The minimum atomic E-state index is -4.27. The van der Waals surface area contributed by atoms with Gasteiger partial charge in [-0.25, -0.2) is 0 Å². The number of likely N-dealkylation sites (tertiary alicyclic amines) is 1. The second-order valence-corrected chi connectivity index (χ2v) is 8.17. The monoisotopic (exact) mass is 434 g/mol. The second-order valence-electron chi connectivity index (χ2n) is 8.17. The summed E-state index contributed by atoms with van der Waals surface area (Å²) < 4.78 is 48.4. The zero-order valence-corrected chi connectivity index (χ0v) is 18.7. The molecule has 2 saturated heterocycles. The average Bonchev–Trinajstić information content (AvgIpc) is 2.74. The Hall–Kier alpha value is -1.22. The predicted molar refractivity (Wildman–Crippen MR) is 115 cm³/mol. The number of hydrogen-bond acceptors (Lipinski definition) is 4. The molecule has 2 aliphatic heterocycles. The van der Waals surface area contributed by atoms with Gasteiger partial charge in [0, 0.05) is 31.7 Å². The van der Waals surface area contributed by atoms with Crippen LogP contribution < -0.4 is 11.1 Å². The third kappa shape index (κ3) is 7.48. The van der Waals surface area contributed by atoms with E-state index in [4.69, 9.17) is 0 Å². The number of likely N-dealkylation sites (N-methyl/N-ethyl adjacent to an activating group) is 1. The molecule has 174 valence electrons. The summed E-state index contributed by atoms with van der Waals surface area (Å²) in [5.41, 5.74) is 4.78. The highest BCUT2D eigenvalue weighted by Crippen LogP contribution is 2.32. The van der Waals surface area contributed by atoms with Crippen LogP contribution in [0.25, 0.3) is 0 Å². The lowest BCUT2D eigenvalue weighted by molar-refractivity contribution is -0.137. The van der Waals surface area contributed by atoms with Crippen molar-refractivity contribution in [2.45, 2.75) is 37.4 Å². The van der Waals surface area contributed by atoms with E-state index >= 15 is 0 Å². The standard InChI is InChI=1S/C20H30F3N3.CH3F.CH5N/c1-25-12-17(13-25)14-26(2)19(8-4-10-24-15-19)9-7-16-5-3-6-18(11-16)20(21,22)23;2*1-2/h3,5-6,11,17,24H,4,7-10,12-15H2,1-2H3;1H3;2H2,1H3/t19-;;/m0../s1. The smallest absolute Gasteiger partial charge is 0.333 e. The lowest BCUT2D eigenvalue weighted by Crippen LogP contribution is -2.60. The SMILES string of the molecule is CF.CN.CN1CC(CN(C)[C@]2(CCc3cccc(C(F)(F)F)c3)CCCNC2)C1. The molecule has 30 heavy (non-hydrogen) atoms. The Bertz CT molecular complexity index is 597. The summed E-state index contributed by atoms with van der Waals surface area (Å²) in [6.07, 6.45) is -0.469. The third-order valence-electron chi connectivity index (χ3n) is 6.06. The van der Waals surface area contributed by atoms with Crippen LogP contribution in [0.2, 0.25) is 0 Å². The van der Waals surface area contributed by atoms with Crippen LogP contribution in [0.1, 0.15) is 30.4 Å². The van der Waals surface area contributed by atoms with E-state index in [0.717, 1.165) is 63.6 Å². The maximum atomic E-state index is 13.0. The first-order valence-electron chi connectivity index (χ1n) is 10.5. The Kier molecular flexibility index (Phi) is 11.3. The number of nitrogens with zero attached hydrogens (tertiary/aromatic N) is 2. The molecule has 3 rings (SSSR count). The molecular formula is C22H38F4N4. The van der Waals surface area contributed by atoms with Crippen molar-refractivity contribution in [3.8, 4) is 0 Å². The molecule has 0 radical (unpaired) electrons. The van der Waals surface area contributed by atoms with Crippen molar-refractivity contribution in [3.63, 3.8) is 0 Å². The normalized spacial score (nSPS) is 22.5. The highest BCUT2D eigenvalue weighted by molar-refractivity contribution is 5.26. The number of nitrogens with one attached hydrogen (secondary N) is 1. The molecule has 0 spiro atoms. The third-order valence-corrected chi connectivity index (χ3v) is 6.06. The Morgan fingerprint density at radius 1 is 1.23 bits per heavy atom. The predicted octanol–water partition coefficient (Wildman–Crippen LogP) is 3.41. The van der Waals surface area contributed by atoms with Crippen LogP contribution in [-0.4, -0.2) is 76.4 Å². The van der Waals surface area contributed by atoms with E-state index < -0.39 is 11.7 Å². The number of aryl methyl sites for hydroxylation is 1. The molecule has 0 bridgehead atoms. The Morgan fingerprint density at radius 3 is 2.43 bits per heavy atom. The van der Waals surface area contributed by atoms with Crippen LogP contribution >= 0.6 is 0 Å². The van der Waals surface area contributed by atoms with Crippen LogP contribution in [0.3, 0.4) is 0 Å². The fourth-order valence-corrected chi connectivity index (χ4v) is 4.49. The molecule has 3 N–H and O–H groups in total. The minimum absolute atomic E-state index is 0.0423. The van der Waals surface area contributed by atoms with E-state index in [2.05, 4.69) is 34.9 Å². The zero-order chi connectivity index (χ0) is 22.8. The molecule has 0 saturated carbocycles. The maximum Gasteiger partial charge on any atom is 0.416 e. The Morgan fingerprint density at radius 2 is 1.90 bits per heavy atom. The van der Waals surface area contributed by atoms with Gasteiger partial charge in [-0.2, -0.15) is 13.2 Å². The van der Waals surface area contributed by atoms with Crippen LogP contribution in [0.5, 0.6) is 0 Å². The minimum Gasteiger partial charge on any atom is -0.333 e. The van der Waals surface area contributed by atoms with Crippen molar-refractivity contribution >= 4 is 0 Å². The van der Waals surface area contributed by atoms with Crippen LogP contribution in [-0.2, 0) is 12.6 Å². The number of halogens is 4. The van der Waals surface area contributed by atoms with Gasteiger partial charge in [-0.15, -0.1) is 0 Å². The molecule has 0 aromatic heterocycles. The highest BCUT2D eigenvalue weighted by atomic mass is 19.4. The van der Waals surface area contributed by atoms with Gasteiger partial charge in [0.2, 0.25) is 0 Å². The molecular weight excluding hydrogens is 396 g/mol. The van der Waals surface area contributed by atoms with E-state index in [1.165, 1.54) is 19.2 Å². The molecule has 2 aliphatic rings. The molecule has 1 atom stereocenters. The maximum absolute atomic E-state index is 13.0. The Labute approximate surface area is 178 Å². The summed E-state index contributed by atoms with van der Waals surface area (Å²) in [6.45, 7) is 5.30. The number of alkyl halides is 4. The van der Waals surface area contributed by atoms with Gasteiger partial charge >= 0.3 is 6.18 Å². The zero-order valence-electron chi connectivity index (χ0n) is 18.7. The summed E-state index contributed by atoms with van der Waals surface area (Å²) in [5, 5.41) is 3.51. The van der Waals surface area contributed by atoms with E-state index in [1.807, 2.05) is 6.07 Å². The van der Waals surface area contributed by atoms with Gasteiger partial charge in [0.05, 0.1) is 12.7 Å². The van der Waals surface area contributed by atoms with E-state index in [-0.39, 0.29) is 5.54 Å². The highest BCUT2D eigenvalue weighted by Gasteiger charge is 2.38. The first kappa shape index (κ1) is 26.8. The van der Waals surface area contributed by atoms with Gasteiger partial charge in [-0.05, 0) is 70.9 Å². The quantitative estimate of drug-likeness (QED) is 0.674. The summed E-state index contributed by atoms with van der Waals surface area (Å²) >= 11 is 0. The van der Waals surface area contributed by atoms with E-state index in [1.54, 1.807) is 0 Å². The Balaban J connectivity index is 0.00000106. The molecule has 4 nitrogen and oxygen atoms in total. The lowest BCUT2D eigenvalue weighted by atomic mass is 9.82. The van der Waals surface area contributed by atoms with Crippen molar-refractivity contribution in [1.82, 2.24) is 15.1 Å². The average molecular weight is 435 g/mol. The van der Waals surface area contributed by atoms with Crippen molar-refractivity contribution in [2.75, 3.05) is 61.0 Å². The second kappa shape index (κ2) is 12.6. The van der Waals surface area contributed by atoms with Gasteiger partial charge in [0.25, 0.3) is 0 Å². The van der Waals surface area contributed by atoms with E-state index in [0.29, 0.717) is 19.5 Å². The van der Waals surface area contributed by atoms with Crippen molar-refractivity contribution in [3.05, 3.63) is 35.4 Å². The fraction of sp³-hybridized carbons (Fsp3) is 0.727. The summed E-state index contributed by atoms with van der Waals surface area (Å²) in [5.74, 6) is 0.706. The number of benzene rings is 1. The molecule has 0 aliphatic carbocycles. The van der Waals surface area contributed by atoms with Crippen LogP contribution in [0.4, 0.5) is 17.6 Å². The van der Waals surface area contributed by atoms with E-state index in [9.17, 15) is 17.6 Å². The number of piperidine rings is 1. The molecule has 0 amide bonds. The molecule has 0 unspecified atom stereocenters. The van der Waals surface area contributed by atoms with Gasteiger partial charge in [0.15, 0.2) is 0 Å². The molecule has 2 heterocycles. The molecule has 2 fully saturated rings. The number of rotatable bonds is 6. The first-order chi connectivity index (χ1) is 14.3. The number of hydrogen-bond donors (Lipinski definition) is 2. The lowest BCUT2D eigenvalue weighted by Gasteiger charge is -2.48. The topological polar surface area (TPSA) is 44.5 Å². The van der Waals surface area contributed by atoms with Crippen molar-refractivity contribution < 1.29 is 17.6 Å². The fourth-order valence-electron chi connectivity index (χ4n) is 4.49.